The molecule has 0 fully saturated rings. The SMILES string of the molecule is CCOC(=O)c1c(-c2ccc(F)cc2)oc2cc(N(S)CCOC)c(-c3ccccc3)cc12. The molecule has 4 rings (SSSR count). The van der Waals surface area contributed by atoms with Crippen LogP contribution in [-0.4, -0.2) is 32.8 Å². The van der Waals surface area contributed by atoms with Gasteiger partial charge in [-0.25, -0.2) is 9.18 Å². The first kappa shape index (κ1) is 22.9. The van der Waals surface area contributed by atoms with E-state index in [4.69, 9.17) is 13.9 Å². The smallest absolute Gasteiger partial charge is 0.342 e. The summed E-state index contributed by atoms with van der Waals surface area (Å²) in [7, 11) is 1.63. The van der Waals surface area contributed by atoms with Crippen molar-refractivity contribution in [2.24, 2.45) is 0 Å². The molecule has 0 unspecified atom stereocenters. The van der Waals surface area contributed by atoms with Crippen LogP contribution in [0.5, 0.6) is 0 Å². The maximum Gasteiger partial charge on any atom is 0.342 e. The lowest BCUT2D eigenvalue weighted by Gasteiger charge is -2.21. The van der Waals surface area contributed by atoms with Crippen molar-refractivity contribution in [2.75, 3.05) is 31.2 Å². The summed E-state index contributed by atoms with van der Waals surface area (Å²) in [6.45, 7) is 3.00. The number of carbonyl (C=O) groups excluding carboxylic acids is 1. The zero-order chi connectivity index (χ0) is 23.4. The lowest BCUT2D eigenvalue weighted by molar-refractivity contribution is 0.0528. The molecular formula is C26H24FNO4S. The lowest BCUT2D eigenvalue weighted by atomic mass is 9.98. The molecule has 0 amide bonds. The van der Waals surface area contributed by atoms with Crippen molar-refractivity contribution < 1.29 is 23.1 Å². The Labute approximate surface area is 197 Å². The Hall–Kier alpha value is -3.29. The van der Waals surface area contributed by atoms with E-state index >= 15 is 0 Å². The van der Waals surface area contributed by atoms with Crippen molar-refractivity contribution in [3.05, 3.63) is 78.1 Å². The zero-order valence-corrected chi connectivity index (χ0v) is 19.3. The van der Waals surface area contributed by atoms with Crippen LogP contribution >= 0.6 is 12.8 Å². The Balaban J connectivity index is 1.98. The fraction of sp³-hybridized carbons (Fsp3) is 0.192. The van der Waals surface area contributed by atoms with Crippen LogP contribution in [0.2, 0.25) is 0 Å². The van der Waals surface area contributed by atoms with Crippen molar-refractivity contribution in [3.63, 3.8) is 0 Å². The Morgan fingerprint density at radius 1 is 1.06 bits per heavy atom. The molecule has 0 radical (unpaired) electrons. The van der Waals surface area contributed by atoms with Crippen LogP contribution in [0.4, 0.5) is 10.1 Å². The molecular weight excluding hydrogens is 441 g/mol. The van der Waals surface area contributed by atoms with Gasteiger partial charge < -0.3 is 18.2 Å². The molecule has 4 aromatic rings. The molecule has 5 nitrogen and oxygen atoms in total. The summed E-state index contributed by atoms with van der Waals surface area (Å²) in [5.74, 6) is -0.531. The largest absolute Gasteiger partial charge is 0.462 e. The number of anilines is 1. The molecule has 0 atom stereocenters. The van der Waals surface area contributed by atoms with E-state index in [-0.39, 0.29) is 12.4 Å². The van der Waals surface area contributed by atoms with E-state index in [0.29, 0.717) is 41.0 Å². The topological polar surface area (TPSA) is 51.9 Å². The first-order valence-corrected chi connectivity index (χ1v) is 11.0. The second-order valence-electron chi connectivity index (χ2n) is 7.38. The van der Waals surface area contributed by atoms with Gasteiger partial charge >= 0.3 is 5.97 Å². The number of hydrogen-bond donors (Lipinski definition) is 1. The minimum absolute atomic E-state index is 0.222. The number of esters is 1. The second kappa shape index (κ2) is 10.1. The van der Waals surface area contributed by atoms with Gasteiger partial charge in [-0.2, -0.15) is 0 Å². The highest BCUT2D eigenvalue weighted by Crippen LogP contribution is 2.41. The van der Waals surface area contributed by atoms with E-state index in [1.165, 1.54) is 12.1 Å². The molecule has 0 spiro atoms. The molecule has 170 valence electrons. The van der Waals surface area contributed by atoms with Crippen molar-refractivity contribution in [1.82, 2.24) is 0 Å². The molecule has 0 saturated carbocycles. The molecule has 0 saturated heterocycles. The van der Waals surface area contributed by atoms with Gasteiger partial charge in [-0.1, -0.05) is 43.1 Å². The van der Waals surface area contributed by atoms with E-state index < -0.39 is 5.97 Å². The Kier molecular flexibility index (Phi) is 7.01. The molecule has 1 heterocycles. The third-order valence-electron chi connectivity index (χ3n) is 5.26. The predicted molar refractivity (Wildman–Crippen MR) is 131 cm³/mol. The van der Waals surface area contributed by atoms with Crippen LogP contribution in [0.25, 0.3) is 33.4 Å². The van der Waals surface area contributed by atoms with Crippen LogP contribution in [0.1, 0.15) is 17.3 Å². The molecule has 3 aromatic carbocycles. The number of rotatable bonds is 8. The third kappa shape index (κ3) is 4.74. The van der Waals surface area contributed by atoms with E-state index in [9.17, 15) is 9.18 Å². The van der Waals surface area contributed by atoms with Gasteiger partial charge in [0.25, 0.3) is 0 Å². The molecule has 0 aliphatic rings. The number of thiol groups is 1. The van der Waals surface area contributed by atoms with Gasteiger partial charge in [0, 0.05) is 29.7 Å². The number of halogens is 1. The molecule has 7 heteroatoms. The summed E-state index contributed by atoms with van der Waals surface area (Å²) in [5.41, 5.74) is 4.05. The summed E-state index contributed by atoms with van der Waals surface area (Å²) in [6.07, 6.45) is 0. The van der Waals surface area contributed by atoms with Gasteiger partial charge in [-0.05, 0) is 42.8 Å². The minimum atomic E-state index is -0.496. The van der Waals surface area contributed by atoms with Crippen molar-refractivity contribution >= 4 is 35.4 Å². The lowest BCUT2D eigenvalue weighted by Crippen LogP contribution is -2.17. The standard InChI is InChI=1S/C26H24FNO4S/c1-3-31-26(29)24-21-15-20(17-7-5-4-6-8-17)22(28(33)13-14-30-2)16-23(21)32-25(24)18-9-11-19(27)12-10-18/h4-12,15-16,33H,3,13-14H2,1-2H3. The molecule has 0 aliphatic heterocycles. The third-order valence-corrected chi connectivity index (χ3v) is 5.68. The van der Waals surface area contributed by atoms with Crippen LogP contribution in [0, 0.1) is 5.82 Å². The van der Waals surface area contributed by atoms with Crippen LogP contribution in [-0.2, 0) is 9.47 Å². The van der Waals surface area contributed by atoms with E-state index in [0.717, 1.165) is 16.8 Å². The molecule has 0 aliphatic carbocycles. The van der Waals surface area contributed by atoms with Crippen molar-refractivity contribution in [3.8, 4) is 22.5 Å². The molecule has 33 heavy (non-hydrogen) atoms. The molecule has 1 aromatic heterocycles. The number of fused-ring (bicyclic) bond motifs is 1. The fourth-order valence-electron chi connectivity index (χ4n) is 3.70. The predicted octanol–water partition coefficient (Wildman–Crippen LogP) is 6.38. The fourth-order valence-corrected chi connectivity index (χ4v) is 3.95. The zero-order valence-electron chi connectivity index (χ0n) is 18.4. The number of ether oxygens (including phenoxy) is 2. The minimum Gasteiger partial charge on any atom is -0.462 e. The van der Waals surface area contributed by atoms with Crippen LogP contribution in [0.3, 0.4) is 0 Å². The second-order valence-corrected chi connectivity index (χ2v) is 7.86. The summed E-state index contributed by atoms with van der Waals surface area (Å²) in [4.78, 5) is 13.0. The first-order chi connectivity index (χ1) is 16.0. The van der Waals surface area contributed by atoms with Gasteiger partial charge in [0.1, 0.15) is 22.7 Å². The molecule has 0 bridgehead atoms. The summed E-state index contributed by atoms with van der Waals surface area (Å²) >= 11 is 4.67. The average Bonchev–Trinajstić information content (AvgIpc) is 3.21. The highest BCUT2D eigenvalue weighted by Gasteiger charge is 2.25. The van der Waals surface area contributed by atoms with Gasteiger partial charge in [0.15, 0.2) is 0 Å². The number of carbonyl (C=O) groups is 1. The number of hydrogen-bond acceptors (Lipinski definition) is 6. The highest BCUT2D eigenvalue weighted by atomic mass is 32.1. The van der Waals surface area contributed by atoms with Crippen molar-refractivity contribution in [2.45, 2.75) is 6.92 Å². The number of nitrogens with zero attached hydrogens (tertiary/aromatic N) is 1. The quantitative estimate of drug-likeness (QED) is 0.242. The summed E-state index contributed by atoms with van der Waals surface area (Å²) in [5, 5.41) is 0.615. The number of benzene rings is 3. The Morgan fingerprint density at radius 3 is 2.45 bits per heavy atom. The maximum atomic E-state index is 13.5. The monoisotopic (exact) mass is 465 g/mol. The maximum absolute atomic E-state index is 13.5. The van der Waals surface area contributed by atoms with Crippen LogP contribution in [0.15, 0.2) is 71.1 Å². The summed E-state index contributed by atoms with van der Waals surface area (Å²) < 4.78 is 32.0. The van der Waals surface area contributed by atoms with Gasteiger partial charge in [-0.15, -0.1) is 0 Å². The van der Waals surface area contributed by atoms with Gasteiger partial charge in [0.05, 0.1) is 25.4 Å². The van der Waals surface area contributed by atoms with E-state index in [2.05, 4.69) is 12.8 Å². The number of methoxy groups -OCH3 is 1. The van der Waals surface area contributed by atoms with E-state index in [1.807, 2.05) is 42.5 Å². The Morgan fingerprint density at radius 2 is 1.79 bits per heavy atom. The first-order valence-electron chi connectivity index (χ1n) is 10.6. The number of furan rings is 1. The highest BCUT2D eigenvalue weighted by molar-refractivity contribution is 7.81. The summed E-state index contributed by atoms with van der Waals surface area (Å²) in [6, 6.07) is 19.4. The normalized spacial score (nSPS) is 11.0. The van der Waals surface area contributed by atoms with Crippen molar-refractivity contribution in [1.29, 1.82) is 0 Å². The average molecular weight is 466 g/mol. The van der Waals surface area contributed by atoms with Gasteiger partial charge in [-0.3, -0.25) is 0 Å². The Bertz CT molecular complexity index is 1260. The van der Waals surface area contributed by atoms with E-state index in [1.54, 1.807) is 30.5 Å². The van der Waals surface area contributed by atoms with Gasteiger partial charge in [0.2, 0.25) is 0 Å². The molecule has 0 N–H and O–H groups in total. The van der Waals surface area contributed by atoms with Crippen LogP contribution < -0.4 is 4.31 Å².